The maximum absolute atomic E-state index is 11.9. The monoisotopic (exact) mass is 250 g/mol. The van der Waals surface area contributed by atoms with Crippen LogP contribution in [0.15, 0.2) is 28.9 Å². The standard InChI is InChI=1S/C13H18N2O3/c1-2-3-8-15(10-12(14)16)13(17)7-6-11-5-4-9-18-11/h4-7,9H,2-3,8,10H2,1H3,(H2,14,16)/b7-6-. The molecule has 1 aromatic rings. The fourth-order valence-corrected chi connectivity index (χ4v) is 1.45. The summed E-state index contributed by atoms with van der Waals surface area (Å²) in [4.78, 5) is 24.2. The normalized spacial score (nSPS) is 10.7. The van der Waals surface area contributed by atoms with Crippen molar-refractivity contribution in [1.29, 1.82) is 0 Å². The number of rotatable bonds is 7. The zero-order chi connectivity index (χ0) is 13.4. The van der Waals surface area contributed by atoms with Gasteiger partial charge in [-0.1, -0.05) is 13.3 Å². The van der Waals surface area contributed by atoms with Crippen molar-refractivity contribution in [3.8, 4) is 0 Å². The lowest BCUT2D eigenvalue weighted by molar-refractivity contribution is -0.131. The van der Waals surface area contributed by atoms with E-state index in [2.05, 4.69) is 0 Å². The van der Waals surface area contributed by atoms with Gasteiger partial charge >= 0.3 is 0 Å². The molecule has 0 spiro atoms. The summed E-state index contributed by atoms with van der Waals surface area (Å²) < 4.78 is 5.08. The van der Waals surface area contributed by atoms with Gasteiger partial charge in [0.2, 0.25) is 11.8 Å². The van der Waals surface area contributed by atoms with E-state index >= 15 is 0 Å². The highest BCUT2D eigenvalue weighted by atomic mass is 16.3. The Balaban J connectivity index is 2.60. The molecule has 0 aliphatic heterocycles. The Bertz CT molecular complexity index is 410. The molecule has 0 aromatic carbocycles. The molecule has 0 fully saturated rings. The number of carbonyl (C=O) groups is 2. The lowest BCUT2D eigenvalue weighted by Crippen LogP contribution is -2.38. The summed E-state index contributed by atoms with van der Waals surface area (Å²) in [5, 5.41) is 0. The van der Waals surface area contributed by atoms with Crippen LogP contribution in [-0.4, -0.2) is 29.8 Å². The van der Waals surface area contributed by atoms with Gasteiger partial charge in [0.1, 0.15) is 5.76 Å². The average molecular weight is 250 g/mol. The number of hydrogen-bond acceptors (Lipinski definition) is 3. The molecule has 0 bridgehead atoms. The first-order chi connectivity index (χ1) is 8.63. The minimum absolute atomic E-state index is 0.0542. The number of nitrogens with zero attached hydrogens (tertiary/aromatic N) is 1. The van der Waals surface area contributed by atoms with Gasteiger partial charge < -0.3 is 15.1 Å². The van der Waals surface area contributed by atoms with E-state index < -0.39 is 5.91 Å². The summed E-state index contributed by atoms with van der Waals surface area (Å²) in [6.45, 7) is 2.49. The number of primary amides is 1. The van der Waals surface area contributed by atoms with Crippen molar-refractivity contribution in [2.75, 3.05) is 13.1 Å². The Morgan fingerprint density at radius 3 is 2.83 bits per heavy atom. The Kier molecular flexibility index (Phi) is 5.70. The molecule has 0 saturated heterocycles. The molecule has 1 heterocycles. The van der Waals surface area contributed by atoms with Crippen LogP contribution < -0.4 is 5.73 Å². The fraction of sp³-hybridized carbons (Fsp3) is 0.385. The lowest BCUT2D eigenvalue weighted by Gasteiger charge is -2.18. The third-order valence-corrected chi connectivity index (χ3v) is 2.37. The highest BCUT2D eigenvalue weighted by Crippen LogP contribution is 2.04. The van der Waals surface area contributed by atoms with Gasteiger partial charge in [-0.25, -0.2) is 0 Å². The molecule has 0 aliphatic rings. The van der Waals surface area contributed by atoms with Crippen molar-refractivity contribution < 1.29 is 14.0 Å². The summed E-state index contributed by atoms with van der Waals surface area (Å²) in [5.74, 6) is -0.151. The largest absolute Gasteiger partial charge is 0.465 e. The van der Waals surface area contributed by atoms with Gasteiger partial charge in [0.25, 0.3) is 0 Å². The molecule has 1 aromatic heterocycles. The fourth-order valence-electron chi connectivity index (χ4n) is 1.45. The second kappa shape index (κ2) is 7.32. The molecule has 18 heavy (non-hydrogen) atoms. The van der Waals surface area contributed by atoms with E-state index in [-0.39, 0.29) is 12.5 Å². The first-order valence-electron chi connectivity index (χ1n) is 5.92. The second-order valence-corrected chi connectivity index (χ2v) is 3.93. The van der Waals surface area contributed by atoms with Gasteiger partial charge in [-0.2, -0.15) is 0 Å². The summed E-state index contributed by atoms with van der Waals surface area (Å²) >= 11 is 0. The number of unbranched alkanes of at least 4 members (excludes halogenated alkanes) is 1. The van der Waals surface area contributed by atoms with E-state index in [9.17, 15) is 9.59 Å². The van der Waals surface area contributed by atoms with Crippen molar-refractivity contribution in [2.24, 2.45) is 5.73 Å². The molecule has 1 rings (SSSR count). The summed E-state index contributed by atoms with van der Waals surface area (Å²) in [6, 6.07) is 3.48. The van der Waals surface area contributed by atoms with Gasteiger partial charge in [0.05, 0.1) is 12.8 Å². The van der Waals surface area contributed by atoms with Gasteiger partial charge in [-0.15, -0.1) is 0 Å². The van der Waals surface area contributed by atoms with Crippen LogP contribution in [0.5, 0.6) is 0 Å². The zero-order valence-electron chi connectivity index (χ0n) is 10.5. The molecular weight excluding hydrogens is 232 g/mol. The molecule has 2 amide bonds. The van der Waals surface area contributed by atoms with Crippen LogP contribution in [-0.2, 0) is 9.59 Å². The highest BCUT2D eigenvalue weighted by Gasteiger charge is 2.12. The molecule has 5 heteroatoms. The zero-order valence-corrected chi connectivity index (χ0v) is 10.5. The van der Waals surface area contributed by atoms with E-state index in [0.717, 1.165) is 12.8 Å². The third-order valence-electron chi connectivity index (χ3n) is 2.37. The third kappa shape index (κ3) is 4.86. The van der Waals surface area contributed by atoms with E-state index in [1.54, 1.807) is 18.2 Å². The van der Waals surface area contributed by atoms with Gasteiger partial charge in [0, 0.05) is 12.6 Å². The molecule has 0 aliphatic carbocycles. The number of nitrogens with two attached hydrogens (primary N) is 1. The predicted octanol–water partition coefficient (Wildman–Crippen LogP) is 1.41. The number of furan rings is 1. The predicted molar refractivity (Wildman–Crippen MR) is 68.4 cm³/mol. The van der Waals surface area contributed by atoms with Gasteiger partial charge in [-0.3, -0.25) is 9.59 Å². The summed E-state index contributed by atoms with van der Waals surface area (Å²) in [5.41, 5.74) is 5.12. The molecule has 5 nitrogen and oxygen atoms in total. The van der Waals surface area contributed by atoms with Crippen molar-refractivity contribution in [3.63, 3.8) is 0 Å². The Morgan fingerprint density at radius 1 is 1.50 bits per heavy atom. The van der Waals surface area contributed by atoms with Crippen molar-refractivity contribution in [3.05, 3.63) is 30.2 Å². The maximum atomic E-state index is 11.9. The molecular formula is C13H18N2O3. The van der Waals surface area contributed by atoms with Crippen molar-refractivity contribution in [1.82, 2.24) is 4.90 Å². The van der Waals surface area contributed by atoms with Gasteiger partial charge in [-0.05, 0) is 24.6 Å². The maximum Gasteiger partial charge on any atom is 0.247 e. The summed E-state index contributed by atoms with van der Waals surface area (Å²) in [6.07, 6.45) is 6.28. The van der Waals surface area contributed by atoms with Crippen LogP contribution in [0.25, 0.3) is 6.08 Å². The lowest BCUT2D eigenvalue weighted by atomic mass is 10.3. The number of hydrogen-bond donors (Lipinski definition) is 1. The summed E-state index contributed by atoms with van der Waals surface area (Å²) in [7, 11) is 0. The van der Waals surface area contributed by atoms with E-state index in [1.165, 1.54) is 17.2 Å². The highest BCUT2D eigenvalue weighted by molar-refractivity contribution is 5.93. The molecule has 0 radical (unpaired) electrons. The van der Waals surface area contributed by atoms with Crippen molar-refractivity contribution >= 4 is 17.9 Å². The van der Waals surface area contributed by atoms with E-state index in [0.29, 0.717) is 12.3 Å². The molecule has 0 unspecified atom stereocenters. The molecule has 98 valence electrons. The second-order valence-electron chi connectivity index (χ2n) is 3.93. The van der Waals surface area contributed by atoms with Gasteiger partial charge in [0.15, 0.2) is 0 Å². The topological polar surface area (TPSA) is 76.5 Å². The van der Waals surface area contributed by atoms with E-state index in [4.69, 9.17) is 10.2 Å². The quantitative estimate of drug-likeness (QED) is 0.743. The molecule has 0 saturated carbocycles. The van der Waals surface area contributed by atoms with Crippen LogP contribution in [0.1, 0.15) is 25.5 Å². The van der Waals surface area contributed by atoms with Crippen LogP contribution in [0.3, 0.4) is 0 Å². The smallest absolute Gasteiger partial charge is 0.247 e. The minimum Gasteiger partial charge on any atom is -0.465 e. The number of amides is 2. The minimum atomic E-state index is -0.508. The van der Waals surface area contributed by atoms with Crippen LogP contribution in [0.4, 0.5) is 0 Å². The average Bonchev–Trinajstić information content (AvgIpc) is 2.84. The van der Waals surface area contributed by atoms with Crippen LogP contribution >= 0.6 is 0 Å². The van der Waals surface area contributed by atoms with Crippen LogP contribution in [0, 0.1) is 0 Å². The molecule has 2 N–H and O–H groups in total. The first-order valence-corrected chi connectivity index (χ1v) is 5.92. The SMILES string of the molecule is CCCCN(CC(N)=O)C(=O)/C=C\c1ccco1. The Labute approximate surface area is 106 Å². The Morgan fingerprint density at radius 2 is 2.28 bits per heavy atom. The Hall–Kier alpha value is -2.04. The molecule has 0 atom stereocenters. The number of carbonyl (C=O) groups excluding carboxylic acids is 2. The van der Waals surface area contributed by atoms with Crippen molar-refractivity contribution in [2.45, 2.75) is 19.8 Å². The van der Waals surface area contributed by atoms with E-state index in [1.807, 2.05) is 6.92 Å². The first kappa shape index (κ1) is 14.0. The van der Waals surface area contributed by atoms with Crippen LogP contribution in [0.2, 0.25) is 0 Å².